The number of amides is 2. The molecule has 4 heteroatoms. The molecule has 22 heavy (non-hydrogen) atoms. The SMILES string of the molecule is O=C(NCc1ccccc1Br)NC12CC3CC(CC(C3)C1)C2. The van der Waals surface area contributed by atoms with E-state index in [1.807, 2.05) is 24.3 Å². The lowest BCUT2D eigenvalue weighted by Crippen LogP contribution is -2.61. The predicted molar refractivity (Wildman–Crippen MR) is 90.4 cm³/mol. The van der Waals surface area contributed by atoms with E-state index in [4.69, 9.17) is 0 Å². The lowest BCUT2D eigenvalue weighted by Gasteiger charge is -2.56. The second-order valence-electron chi connectivity index (χ2n) is 7.60. The monoisotopic (exact) mass is 362 g/mol. The predicted octanol–water partition coefficient (Wildman–Crippen LogP) is 4.22. The van der Waals surface area contributed by atoms with Gasteiger partial charge in [0.1, 0.15) is 0 Å². The topological polar surface area (TPSA) is 41.1 Å². The summed E-state index contributed by atoms with van der Waals surface area (Å²) < 4.78 is 1.05. The molecule has 0 radical (unpaired) electrons. The van der Waals surface area contributed by atoms with E-state index in [0.29, 0.717) is 6.54 Å². The van der Waals surface area contributed by atoms with Gasteiger partial charge < -0.3 is 10.6 Å². The van der Waals surface area contributed by atoms with Crippen LogP contribution in [0.4, 0.5) is 4.79 Å². The highest BCUT2D eigenvalue weighted by Gasteiger charge is 2.51. The van der Waals surface area contributed by atoms with E-state index in [2.05, 4.69) is 26.6 Å². The third-order valence-corrected chi connectivity index (χ3v) is 6.59. The lowest BCUT2D eigenvalue weighted by molar-refractivity contribution is -0.0135. The van der Waals surface area contributed by atoms with Gasteiger partial charge in [-0.3, -0.25) is 0 Å². The zero-order chi connectivity index (χ0) is 15.2. The fourth-order valence-corrected chi connectivity index (χ4v) is 5.79. The van der Waals surface area contributed by atoms with Gasteiger partial charge in [-0.2, -0.15) is 0 Å². The Labute approximate surface area is 140 Å². The van der Waals surface area contributed by atoms with E-state index in [9.17, 15) is 4.79 Å². The summed E-state index contributed by atoms with van der Waals surface area (Å²) in [5.41, 5.74) is 1.20. The molecule has 3 nitrogen and oxygen atoms in total. The molecule has 4 aliphatic rings. The molecule has 0 saturated heterocycles. The van der Waals surface area contributed by atoms with E-state index in [-0.39, 0.29) is 11.6 Å². The highest BCUT2D eigenvalue weighted by Crippen LogP contribution is 2.55. The Morgan fingerprint density at radius 1 is 1.09 bits per heavy atom. The third-order valence-electron chi connectivity index (χ3n) is 5.81. The van der Waals surface area contributed by atoms with E-state index in [0.717, 1.165) is 27.8 Å². The maximum atomic E-state index is 12.4. The minimum absolute atomic E-state index is 0.00213. The van der Waals surface area contributed by atoms with Crippen molar-refractivity contribution in [2.45, 2.75) is 50.6 Å². The van der Waals surface area contributed by atoms with Crippen LogP contribution in [-0.4, -0.2) is 11.6 Å². The minimum Gasteiger partial charge on any atom is -0.334 e. The highest BCUT2D eigenvalue weighted by molar-refractivity contribution is 9.10. The first-order chi connectivity index (χ1) is 10.6. The smallest absolute Gasteiger partial charge is 0.315 e. The molecule has 4 aliphatic carbocycles. The van der Waals surface area contributed by atoms with Gasteiger partial charge in [-0.15, -0.1) is 0 Å². The van der Waals surface area contributed by atoms with Crippen LogP contribution in [0, 0.1) is 17.8 Å². The van der Waals surface area contributed by atoms with Crippen molar-refractivity contribution in [3.05, 3.63) is 34.3 Å². The molecule has 0 aliphatic heterocycles. The van der Waals surface area contributed by atoms with Crippen molar-refractivity contribution in [3.63, 3.8) is 0 Å². The van der Waals surface area contributed by atoms with Crippen molar-refractivity contribution in [1.82, 2.24) is 10.6 Å². The summed E-state index contributed by atoms with van der Waals surface area (Å²) in [5, 5.41) is 6.38. The summed E-state index contributed by atoms with van der Waals surface area (Å²) in [5.74, 6) is 2.57. The van der Waals surface area contributed by atoms with Gasteiger partial charge in [-0.25, -0.2) is 4.79 Å². The Kier molecular flexibility index (Phi) is 3.67. The summed E-state index contributed by atoms with van der Waals surface area (Å²) >= 11 is 3.53. The lowest BCUT2D eigenvalue weighted by atomic mass is 9.53. The molecule has 0 spiro atoms. The van der Waals surface area contributed by atoms with Crippen LogP contribution >= 0.6 is 15.9 Å². The quantitative estimate of drug-likeness (QED) is 0.830. The fraction of sp³-hybridized carbons (Fsp3) is 0.611. The first-order valence-electron chi connectivity index (χ1n) is 8.41. The zero-order valence-corrected chi connectivity index (χ0v) is 14.4. The summed E-state index contributed by atoms with van der Waals surface area (Å²) in [6.07, 6.45) is 7.79. The maximum absolute atomic E-state index is 12.4. The van der Waals surface area contributed by atoms with Crippen LogP contribution in [0.25, 0.3) is 0 Å². The average molecular weight is 363 g/mol. The van der Waals surface area contributed by atoms with Gasteiger partial charge in [0.15, 0.2) is 0 Å². The van der Waals surface area contributed by atoms with Crippen molar-refractivity contribution in [1.29, 1.82) is 0 Å². The van der Waals surface area contributed by atoms with Crippen molar-refractivity contribution in [2.75, 3.05) is 0 Å². The fourth-order valence-electron chi connectivity index (χ4n) is 5.37. The number of rotatable bonds is 3. The number of carbonyl (C=O) groups excluding carboxylic acids is 1. The largest absolute Gasteiger partial charge is 0.334 e. The molecule has 0 atom stereocenters. The molecule has 1 aromatic carbocycles. The average Bonchev–Trinajstić information content (AvgIpc) is 2.44. The first-order valence-corrected chi connectivity index (χ1v) is 9.21. The first kappa shape index (κ1) is 14.6. The molecule has 118 valence electrons. The Hall–Kier alpha value is -1.03. The minimum atomic E-state index is -0.00213. The number of benzene rings is 1. The second kappa shape index (κ2) is 5.55. The Morgan fingerprint density at radius 3 is 2.27 bits per heavy atom. The number of hydrogen-bond donors (Lipinski definition) is 2. The normalized spacial score (nSPS) is 35.4. The van der Waals surface area contributed by atoms with Crippen LogP contribution in [-0.2, 0) is 6.54 Å². The van der Waals surface area contributed by atoms with E-state index < -0.39 is 0 Å². The number of hydrogen-bond acceptors (Lipinski definition) is 1. The van der Waals surface area contributed by atoms with Crippen LogP contribution in [0.2, 0.25) is 0 Å². The van der Waals surface area contributed by atoms with Crippen molar-refractivity contribution >= 4 is 22.0 Å². The van der Waals surface area contributed by atoms with Crippen LogP contribution in [0.15, 0.2) is 28.7 Å². The van der Waals surface area contributed by atoms with Gasteiger partial charge in [0.2, 0.25) is 0 Å². The summed E-state index contributed by atoms with van der Waals surface area (Å²) in [6.45, 7) is 0.569. The Bertz CT molecular complexity index is 551. The molecule has 4 fully saturated rings. The summed E-state index contributed by atoms with van der Waals surface area (Å²) in [4.78, 5) is 12.4. The molecule has 0 unspecified atom stereocenters. The van der Waals surface area contributed by atoms with Crippen molar-refractivity contribution in [3.8, 4) is 0 Å². The van der Waals surface area contributed by atoms with Gasteiger partial charge in [0, 0.05) is 16.6 Å². The molecular weight excluding hydrogens is 340 g/mol. The molecule has 5 rings (SSSR count). The highest BCUT2D eigenvalue weighted by atomic mass is 79.9. The number of nitrogens with one attached hydrogen (secondary N) is 2. The van der Waals surface area contributed by atoms with Crippen LogP contribution in [0.3, 0.4) is 0 Å². The van der Waals surface area contributed by atoms with Crippen LogP contribution < -0.4 is 10.6 Å². The van der Waals surface area contributed by atoms with Gasteiger partial charge in [0.25, 0.3) is 0 Å². The Morgan fingerprint density at radius 2 is 1.68 bits per heavy atom. The number of carbonyl (C=O) groups is 1. The van der Waals surface area contributed by atoms with Crippen molar-refractivity contribution in [2.24, 2.45) is 17.8 Å². The Balaban J connectivity index is 1.37. The van der Waals surface area contributed by atoms with E-state index in [1.54, 1.807) is 0 Å². The van der Waals surface area contributed by atoms with E-state index >= 15 is 0 Å². The van der Waals surface area contributed by atoms with Gasteiger partial charge in [0.05, 0.1) is 0 Å². The summed E-state index contributed by atoms with van der Waals surface area (Å²) in [7, 11) is 0. The molecule has 2 amide bonds. The van der Waals surface area contributed by atoms with Crippen LogP contribution in [0.1, 0.15) is 44.1 Å². The van der Waals surface area contributed by atoms with Gasteiger partial charge in [-0.05, 0) is 67.9 Å². The van der Waals surface area contributed by atoms with Gasteiger partial charge in [-0.1, -0.05) is 34.1 Å². The second-order valence-corrected chi connectivity index (χ2v) is 8.45. The third kappa shape index (κ3) is 2.78. The standard InChI is InChI=1S/C18H23BrN2O/c19-16-4-2-1-3-15(16)11-20-17(22)21-18-8-12-5-13(9-18)7-14(6-12)10-18/h1-4,12-14H,5-11H2,(H2,20,21,22). The molecule has 2 N–H and O–H groups in total. The zero-order valence-electron chi connectivity index (χ0n) is 12.8. The van der Waals surface area contributed by atoms with Gasteiger partial charge >= 0.3 is 6.03 Å². The number of urea groups is 1. The number of halogens is 1. The maximum Gasteiger partial charge on any atom is 0.315 e. The molecule has 1 aromatic rings. The molecule has 4 saturated carbocycles. The van der Waals surface area contributed by atoms with Crippen LogP contribution in [0.5, 0.6) is 0 Å². The molecule has 4 bridgehead atoms. The van der Waals surface area contributed by atoms with Crippen molar-refractivity contribution < 1.29 is 4.79 Å². The summed E-state index contributed by atoms with van der Waals surface area (Å²) in [6, 6.07) is 8.03. The molecular formula is C18H23BrN2O. The van der Waals surface area contributed by atoms with E-state index in [1.165, 1.54) is 38.5 Å². The molecule has 0 heterocycles. The molecule has 0 aromatic heterocycles.